The Bertz CT molecular complexity index is 3430. The number of hydrogen-bond donors (Lipinski definition) is 0. The van der Waals surface area contributed by atoms with Gasteiger partial charge >= 0.3 is 0 Å². The molecule has 6 aliphatic rings. The van der Waals surface area contributed by atoms with Gasteiger partial charge in [-0.15, -0.1) is 0 Å². The fourth-order valence-electron chi connectivity index (χ4n) is 11.8. The van der Waals surface area contributed by atoms with Crippen molar-refractivity contribution >= 4 is 86.4 Å². The van der Waals surface area contributed by atoms with E-state index in [1.165, 1.54) is 33.3 Å². The zero-order chi connectivity index (χ0) is 42.2. The van der Waals surface area contributed by atoms with Crippen molar-refractivity contribution in [3.63, 3.8) is 0 Å². The summed E-state index contributed by atoms with van der Waals surface area (Å²) in [5.41, 5.74) is 20.5. The fraction of sp³-hybridized carbons (Fsp3) is 0.111. The lowest BCUT2D eigenvalue weighted by atomic mass is 9.30. The summed E-state index contributed by atoms with van der Waals surface area (Å²) in [6.07, 6.45) is 0. The minimum Gasteiger partial charge on any atom is -0.458 e. The standard InChI is InChI=1S/C54H38B3NO5/c1-27-15-31(5)54(32(6)16-27)58-39-25-43-36(23-35(39)55-33-11-7-9-13-41(33)59-46-18-28(2)17-40(58)51(46)55)57-38-24-37-44(26-45(38)63-50-22-30(4)21-49(61-43)53(50)57)62-48-20-29(3)19-47-52(48)56(37)34-12-8-10-14-42(34)60-47/h7-26H,1-6H3. The van der Waals surface area contributed by atoms with E-state index in [2.05, 4.69) is 162 Å². The number of anilines is 3. The first-order valence-corrected chi connectivity index (χ1v) is 21.9. The van der Waals surface area contributed by atoms with Crippen molar-refractivity contribution in [2.75, 3.05) is 4.90 Å². The molecule has 0 saturated carbocycles. The molecule has 8 aromatic rings. The van der Waals surface area contributed by atoms with Gasteiger partial charge in [-0.25, -0.2) is 0 Å². The summed E-state index contributed by atoms with van der Waals surface area (Å²) >= 11 is 0. The van der Waals surface area contributed by atoms with Crippen molar-refractivity contribution in [1.82, 2.24) is 0 Å². The van der Waals surface area contributed by atoms with E-state index < -0.39 is 0 Å². The van der Waals surface area contributed by atoms with Crippen LogP contribution in [0, 0.1) is 41.5 Å². The van der Waals surface area contributed by atoms with Crippen LogP contribution in [0.4, 0.5) is 17.1 Å². The molecule has 0 aromatic heterocycles. The molecule has 0 N–H and O–H groups in total. The Kier molecular flexibility index (Phi) is 6.86. The lowest BCUT2D eigenvalue weighted by Gasteiger charge is -2.42. The predicted molar refractivity (Wildman–Crippen MR) is 256 cm³/mol. The van der Waals surface area contributed by atoms with Gasteiger partial charge in [0.05, 0.1) is 5.69 Å². The van der Waals surface area contributed by atoms with Gasteiger partial charge in [-0.2, -0.15) is 0 Å². The van der Waals surface area contributed by atoms with Crippen LogP contribution in [0.15, 0.2) is 121 Å². The molecule has 0 radical (unpaired) electrons. The van der Waals surface area contributed by atoms with E-state index in [1.807, 2.05) is 6.07 Å². The summed E-state index contributed by atoms with van der Waals surface area (Å²) in [5, 5.41) is 0. The largest absolute Gasteiger partial charge is 0.458 e. The maximum absolute atomic E-state index is 7.15. The quantitative estimate of drug-likeness (QED) is 0.161. The number of benzene rings is 8. The van der Waals surface area contributed by atoms with E-state index in [0.29, 0.717) is 0 Å². The lowest BCUT2D eigenvalue weighted by molar-refractivity contribution is 0.451. The number of rotatable bonds is 1. The molecule has 14 rings (SSSR count). The van der Waals surface area contributed by atoms with Gasteiger partial charge in [0.15, 0.2) is 0 Å². The van der Waals surface area contributed by atoms with Gasteiger partial charge in [0, 0.05) is 34.4 Å². The maximum atomic E-state index is 7.15. The highest BCUT2D eigenvalue weighted by molar-refractivity contribution is 7.02. The second-order valence-corrected chi connectivity index (χ2v) is 18.4. The van der Waals surface area contributed by atoms with E-state index in [9.17, 15) is 0 Å². The van der Waals surface area contributed by atoms with Crippen LogP contribution in [0.5, 0.6) is 57.5 Å². The number of hydrogen-bond acceptors (Lipinski definition) is 6. The van der Waals surface area contributed by atoms with Gasteiger partial charge < -0.3 is 28.6 Å². The summed E-state index contributed by atoms with van der Waals surface area (Å²) in [4.78, 5) is 2.48. The molecule has 63 heavy (non-hydrogen) atoms. The smallest absolute Gasteiger partial charge is 0.260 e. The van der Waals surface area contributed by atoms with Gasteiger partial charge in [-0.05, 0) is 156 Å². The Hall–Kier alpha value is -7.25. The molecule has 0 aliphatic carbocycles. The van der Waals surface area contributed by atoms with Gasteiger partial charge in [-0.1, -0.05) is 66.2 Å². The van der Waals surface area contributed by atoms with E-state index in [1.54, 1.807) is 0 Å². The molecule has 0 amide bonds. The van der Waals surface area contributed by atoms with Crippen LogP contribution >= 0.6 is 0 Å². The molecule has 0 saturated heterocycles. The average molecular weight is 813 g/mol. The van der Waals surface area contributed by atoms with Crippen LogP contribution in [0.3, 0.4) is 0 Å². The number of aryl methyl sites for hydroxylation is 6. The zero-order valence-electron chi connectivity index (χ0n) is 35.8. The lowest BCUT2D eigenvalue weighted by Crippen LogP contribution is -2.64. The van der Waals surface area contributed by atoms with E-state index in [-0.39, 0.29) is 20.1 Å². The van der Waals surface area contributed by atoms with Crippen molar-refractivity contribution in [2.24, 2.45) is 0 Å². The number of para-hydroxylation sites is 2. The molecular formula is C54H38B3NO5. The van der Waals surface area contributed by atoms with Crippen LogP contribution in [-0.4, -0.2) is 20.1 Å². The highest BCUT2D eigenvalue weighted by atomic mass is 16.5. The van der Waals surface area contributed by atoms with Crippen molar-refractivity contribution in [2.45, 2.75) is 41.5 Å². The van der Waals surface area contributed by atoms with E-state index in [4.69, 9.17) is 23.7 Å². The third-order valence-corrected chi connectivity index (χ3v) is 14.1. The summed E-state index contributed by atoms with van der Waals surface area (Å²) in [5.74, 6) is 8.38. The number of nitrogens with zero attached hydrogens (tertiary/aromatic N) is 1. The SMILES string of the molecule is Cc1cc(C)c(N2c3cc4c(cc3B3c5ccccc5Oc5cc(C)cc2c53)B2c3cc5c(cc3Oc3cc(C)cc(c32)O4)Oc2cc(C)cc3c2B5c2ccccc2O3)c(C)c1. The molecule has 6 heterocycles. The Morgan fingerprint density at radius 2 is 0.714 bits per heavy atom. The Morgan fingerprint density at radius 3 is 1.25 bits per heavy atom. The maximum Gasteiger partial charge on any atom is 0.260 e. The minimum absolute atomic E-state index is 0.0737. The zero-order valence-corrected chi connectivity index (χ0v) is 35.8. The first-order chi connectivity index (χ1) is 30.6. The Labute approximate surface area is 367 Å². The van der Waals surface area contributed by atoms with Gasteiger partial charge in [0.2, 0.25) is 0 Å². The second-order valence-electron chi connectivity index (χ2n) is 18.4. The summed E-state index contributed by atoms with van der Waals surface area (Å²) in [6.45, 7) is 12.7. The van der Waals surface area contributed by atoms with Crippen molar-refractivity contribution in [3.05, 3.63) is 155 Å². The van der Waals surface area contributed by atoms with Gasteiger partial charge in [0.1, 0.15) is 57.5 Å². The van der Waals surface area contributed by atoms with Crippen LogP contribution in [0.25, 0.3) is 0 Å². The Balaban J connectivity index is 1.04. The molecule has 8 aromatic carbocycles. The summed E-state index contributed by atoms with van der Waals surface area (Å²) in [6, 6.07) is 43.8. The molecule has 0 atom stereocenters. The summed E-state index contributed by atoms with van der Waals surface area (Å²) < 4.78 is 34.4. The van der Waals surface area contributed by atoms with Crippen LogP contribution < -0.4 is 77.7 Å². The van der Waals surface area contributed by atoms with Crippen LogP contribution in [0.2, 0.25) is 0 Å². The summed E-state index contributed by atoms with van der Waals surface area (Å²) in [7, 11) is 0. The fourth-order valence-corrected chi connectivity index (χ4v) is 11.8. The van der Waals surface area contributed by atoms with E-state index in [0.717, 1.165) is 124 Å². The highest BCUT2D eigenvalue weighted by Crippen LogP contribution is 2.46. The van der Waals surface area contributed by atoms with Crippen molar-refractivity contribution in [1.29, 1.82) is 0 Å². The first kappa shape index (κ1) is 35.4. The molecule has 9 heteroatoms. The molecule has 0 bridgehead atoms. The van der Waals surface area contributed by atoms with E-state index >= 15 is 0 Å². The third kappa shape index (κ3) is 4.77. The second kappa shape index (κ2) is 12.2. The highest BCUT2D eigenvalue weighted by Gasteiger charge is 2.48. The van der Waals surface area contributed by atoms with Gasteiger partial charge in [-0.3, -0.25) is 0 Å². The van der Waals surface area contributed by atoms with Gasteiger partial charge in [0.25, 0.3) is 20.1 Å². The minimum atomic E-state index is -0.182. The molecule has 6 nitrogen and oxygen atoms in total. The molecule has 298 valence electrons. The topological polar surface area (TPSA) is 49.4 Å². The third-order valence-electron chi connectivity index (χ3n) is 14.1. The predicted octanol–water partition coefficient (Wildman–Crippen LogP) is 7.40. The number of ether oxygens (including phenoxy) is 5. The number of fused-ring (bicyclic) bond motifs is 12. The first-order valence-electron chi connectivity index (χ1n) is 21.9. The molecular weight excluding hydrogens is 775 g/mol. The molecule has 0 spiro atoms. The van der Waals surface area contributed by atoms with Crippen LogP contribution in [-0.2, 0) is 0 Å². The van der Waals surface area contributed by atoms with Crippen molar-refractivity contribution in [3.8, 4) is 57.5 Å². The van der Waals surface area contributed by atoms with Crippen LogP contribution in [0.1, 0.15) is 33.4 Å². The normalized spacial score (nSPS) is 14.4. The monoisotopic (exact) mass is 813 g/mol. The molecule has 0 unspecified atom stereocenters. The average Bonchev–Trinajstić information content (AvgIpc) is 3.25. The Morgan fingerprint density at radius 1 is 0.317 bits per heavy atom. The molecule has 0 fully saturated rings. The molecule has 6 aliphatic heterocycles. The van der Waals surface area contributed by atoms with Crippen molar-refractivity contribution < 1.29 is 23.7 Å².